The van der Waals surface area contributed by atoms with Crippen molar-refractivity contribution in [2.24, 2.45) is 5.92 Å². The second-order valence-electron chi connectivity index (χ2n) is 13.6. The smallest absolute Gasteiger partial charge is 0.481 e. The summed E-state index contributed by atoms with van der Waals surface area (Å²) in [6.07, 6.45) is -2.07. The van der Waals surface area contributed by atoms with Gasteiger partial charge < -0.3 is 23.8 Å². The first-order valence-electron chi connectivity index (χ1n) is 14.5. The summed E-state index contributed by atoms with van der Waals surface area (Å²) in [4.78, 5) is 25.6. The maximum atomic E-state index is 14.6. The average Bonchev–Trinajstić information content (AvgIpc) is 2.87. The number of nitrogens with one attached hydrogen (secondary N) is 1. The fraction of sp³-hybridized carbons (Fsp3) is 0.548. The molecule has 0 saturated carbocycles. The molecule has 0 saturated heterocycles. The van der Waals surface area contributed by atoms with Crippen LogP contribution < -0.4 is 9.50 Å². The molecule has 0 radical (unpaired) electrons. The lowest BCUT2D eigenvalue weighted by atomic mass is 9.89. The maximum Gasteiger partial charge on any atom is 0.534 e. The van der Waals surface area contributed by atoms with E-state index in [-0.39, 0.29) is 29.9 Å². The minimum atomic E-state index is -5.89. The highest BCUT2D eigenvalue weighted by atomic mass is 32.2. The fourth-order valence-corrected chi connectivity index (χ4v) is 6.00. The van der Waals surface area contributed by atoms with Gasteiger partial charge >= 0.3 is 27.7 Å². The number of aliphatic carboxylic acids is 1. The molecule has 0 bridgehead atoms. The molecule has 0 fully saturated rings. The number of rotatable bonds is 13. The van der Waals surface area contributed by atoms with Gasteiger partial charge in [0.25, 0.3) is 0 Å². The van der Waals surface area contributed by atoms with Crippen LogP contribution in [0.3, 0.4) is 0 Å². The number of carboxylic acids is 1. The molecule has 0 spiro atoms. The van der Waals surface area contributed by atoms with E-state index < -0.39 is 71.2 Å². The molecule has 0 heterocycles. The normalized spacial score (nSPS) is 15.0. The summed E-state index contributed by atoms with van der Waals surface area (Å²) < 4.78 is 92.2. The van der Waals surface area contributed by atoms with Crippen molar-refractivity contribution in [3.63, 3.8) is 0 Å². The molecule has 0 aliphatic carbocycles. The Bertz CT molecular complexity index is 1450. The topological polar surface area (TPSA) is 128 Å². The zero-order valence-corrected chi connectivity index (χ0v) is 29.0. The van der Waals surface area contributed by atoms with Crippen molar-refractivity contribution in [1.29, 1.82) is 0 Å². The van der Waals surface area contributed by atoms with Crippen LogP contribution >= 0.6 is 0 Å². The van der Waals surface area contributed by atoms with E-state index in [2.05, 4.69) is 9.50 Å². The van der Waals surface area contributed by atoms with Crippen molar-refractivity contribution in [2.45, 2.75) is 102 Å². The second kappa shape index (κ2) is 14.7. The van der Waals surface area contributed by atoms with Crippen molar-refractivity contribution in [3.8, 4) is 5.75 Å². The van der Waals surface area contributed by atoms with E-state index in [0.29, 0.717) is 5.56 Å². The van der Waals surface area contributed by atoms with Crippen LogP contribution in [0.1, 0.15) is 59.1 Å². The third-order valence-electron chi connectivity index (χ3n) is 7.56. The quantitative estimate of drug-likeness (QED) is 0.0975. The van der Waals surface area contributed by atoms with Crippen LogP contribution in [0, 0.1) is 11.7 Å². The first kappa shape index (κ1) is 39.0. The Morgan fingerprint density at radius 2 is 1.50 bits per heavy atom. The molecule has 258 valence electrons. The van der Waals surface area contributed by atoms with Gasteiger partial charge in [-0.1, -0.05) is 51.1 Å². The van der Waals surface area contributed by atoms with Crippen LogP contribution in [0.2, 0.25) is 18.1 Å². The van der Waals surface area contributed by atoms with Crippen LogP contribution in [-0.4, -0.2) is 57.2 Å². The van der Waals surface area contributed by atoms with Gasteiger partial charge in [0.1, 0.15) is 17.2 Å². The fourth-order valence-electron chi connectivity index (χ4n) is 4.17. The van der Waals surface area contributed by atoms with E-state index in [0.717, 1.165) is 12.1 Å². The van der Waals surface area contributed by atoms with Gasteiger partial charge in [0.05, 0.1) is 18.1 Å². The van der Waals surface area contributed by atoms with Crippen molar-refractivity contribution in [2.75, 3.05) is 0 Å². The van der Waals surface area contributed by atoms with Crippen LogP contribution in [0.25, 0.3) is 0 Å². The average molecular weight is 694 g/mol. The largest absolute Gasteiger partial charge is 0.534 e. The minimum Gasteiger partial charge on any atom is -0.481 e. The molecular formula is C31H43F4NO8SSi. The van der Waals surface area contributed by atoms with Crippen molar-refractivity contribution >= 4 is 30.5 Å². The summed E-state index contributed by atoms with van der Waals surface area (Å²) in [5, 5.41) is 12.6. The number of halogens is 4. The van der Waals surface area contributed by atoms with Crippen LogP contribution in [0.15, 0.2) is 48.5 Å². The van der Waals surface area contributed by atoms with Gasteiger partial charge in [-0.2, -0.15) is 21.6 Å². The van der Waals surface area contributed by atoms with E-state index in [4.69, 9.17) is 9.16 Å². The third kappa shape index (κ3) is 11.6. The van der Waals surface area contributed by atoms with Gasteiger partial charge in [-0.25, -0.2) is 9.18 Å². The zero-order chi connectivity index (χ0) is 35.3. The molecule has 2 aromatic carbocycles. The van der Waals surface area contributed by atoms with E-state index in [1.54, 1.807) is 26.8 Å². The molecule has 2 aromatic rings. The van der Waals surface area contributed by atoms with Gasteiger partial charge in [-0.15, -0.1) is 0 Å². The zero-order valence-electron chi connectivity index (χ0n) is 27.2. The number of amides is 1. The lowest BCUT2D eigenvalue weighted by Crippen LogP contribution is -2.54. The predicted molar refractivity (Wildman–Crippen MR) is 167 cm³/mol. The molecule has 46 heavy (non-hydrogen) atoms. The minimum absolute atomic E-state index is 0.0170. The lowest BCUT2D eigenvalue weighted by Gasteiger charge is -2.42. The molecule has 0 aromatic heterocycles. The summed E-state index contributed by atoms with van der Waals surface area (Å²) in [6, 6.07) is 9.60. The standard InChI is InChI=1S/C31H43F4NO8SSi/c1-29(2,3)42-28(39)36-25(17-20-13-15-23(16-14-20)43-45(40,41)31(33,34)35)26(44-46(7,8)30(4,5)6)19-22(27(37)38)18-21-11-9-10-12-24(21)32/h9-16,22,25-26H,17-19H2,1-8H3,(H,36,39)(H,37,38)/t22-,25+,26+/m1/s1. The number of benzene rings is 2. The molecule has 15 heteroatoms. The molecule has 0 aliphatic heterocycles. The summed E-state index contributed by atoms with van der Waals surface area (Å²) in [5.41, 5.74) is -5.88. The molecule has 2 rings (SSSR count). The van der Waals surface area contributed by atoms with Gasteiger partial charge in [-0.05, 0) is 87.5 Å². The highest BCUT2D eigenvalue weighted by Crippen LogP contribution is 2.39. The first-order chi connectivity index (χ1) is 20.8. The van der Waals surface area contributed by atoms with Crippen LogP contribution in [0.4, 0.5) is 22.4 Å². The Morgan fingerprint density at radius 1 is 0.935 bits per heavy atom. The molecule has 9 nitrogen and oxygen atoms in total. The van der Waals surface area contributed by atoms with E-state index in [1.807, 2.05) is 33.9 Å². The van der Waals surface area contributed by atoms with Gasteiger partial charge in [-0.3, -0.25) is 4.79 Å². The number of hydrogen-bond donors (Lipinski definition) is 2. The molecule has 0 aliphatic rings. The van der Waals surface area contributed by atoms with Crippen LogP contribution in [-0.2, 0) is 36.9 Å². The number of carbonyl (C=O) groups is 2. The number of carbonyl (C=O) groups excluding carboxylic acids is 1. The third-order valence-corrected chi connectivity index (χ3v) is 13.0. The van der Waals surface area contributed by atoms with Gasteiger partial charge in [0.2, 0.25) is 0 Å². The van der Waals surface area contributed by atoms with E-state index in [1.165, 1.54) is 30.3 Å². The Labute approximate surface area is 268 Å². The highest BCUT2D eigenvalue weighted by Gasteiger charge is 2.48. The number of alkyl halides is 3. The Hall–Kier alpha value is -3.17. The number of ether oxygens (including phenoxy) is 1. The molecule has 1 amide bonds. The number of alkyl carbamates (subject to hydrolysis) is 1. The van der Waals surface area contributed by atoms with E-state index >= 15 is 0 Å². The number of carboxylic acid groups (broad SMARTS) is 1. The highest BCUT2D eigenvalue weighted by molar-refractivity contribution is 7.88. The predicted octanol–water partition coefficient (Wildman–Crippen LogP) is 7.21. The molecule has 3 atom stereocenters. The summed E-state index contributed by atoms with van der Waals surface area (Å²) in [7, 11) is -8.55. The Kier molecular flexibility index (Phi) is 12.5. The Balaban J connectivity index is 2.56. The Morgan fingerprint density at radius 3 is 1.98 bits per heavy atom. The second-order valence-corrected chi connectivity index (χ2v) is 19.9. The first-order valence-corrected chi connectivity index (χ1v) is 18.9. The summed E-state index contributed by atoms with van der Waals surface area (Å²) >= 11 is 0. The molecular weight excluding hydrogens is 650 g/mol. The summed E-state index contributed by atoms with van der Waals surface area (Å²) in [5.74, 6) is -3.47. The summed E-state index contributed by atoms with van der Waals surface area (Å²) in [6.45, 7) is 14.8. The molecule has 0 unspecified atom stereocenters. The van der Waals surface area contributed by atoms with Crippen LogP contribution in [0.5, 0.6) is 5.75 Å². The van der Waals surface area contributed by atoms with E-state index in [9.17, 15) is 40.7 Å². The molecule has 2 N–H and O–H groups in total. The van der Waals surface area contributed by atoms with Gasteiger partial charge in [0, 0.05) is 0 Å². The number of hydrogen-bond acceptors (Lipinski definition) is 7. The van der Waals surface area contributed by atoms with Gasteiger partial charge in [0.15, 0.2) is 8.32 Å². The monoisotopic (exact) mass is 693 g/mol. The van der Waals surface area contributed by atoms with Crippen molar-refractivity contribution in [1.82, 2.24) is 5.32 Å². The van der Waals surface area contributed by atoms with Crippen molar-refractivity contribution in [3.05, 3.63) is 65.5 Å². The maximum absolute atomic E-state index is 14.6. The SMILES string of the molecule is CC(C)(C)OC(=O)N[C@@H](Cc1ccc(OS(=O)(=O)C(F)(F)F)cc1)[C@H](C[C@@H](Cc1ccccc1F)C(=O)O)O[Si](C)(C)C(C)(C)C. The lowest BCUT2D eigenvalue weighted by molar-refractivity contribution is -0.142. The van der Waals surface area contributed by atoms with Crippen molar-refractivity contribution < 1.29 is 54.0 Å².